The van der Waals surface area contributed by atoms with Gasteiger partial charge < -0.3 is 5.11 Å². The zero-order chi connectivity index (χ0) is 12.1. The molecule has 15 heavy (non-hydrogen) atoms. The van der Waals surface area contributed by atoms with Crippen LogP contribution in [0, 0.1) is 5.41 Å². The van der Waals surface area contributed by atoms with Crippen molar-refractivity contribution in [3.8, 4) is 0 Å². The molecule has 0 aromatic carbocycles. The van der Waals surface area contributed by atoms with Crippen molar-refractivity contribution in [1.82, 2.24) is 4.72 Å². The maximum atomic E-state index is 11.4. The summed E-state index contributed by atoms with van der Waals surface area (Å²) in [6.45, 7) is 6.13. The van der Waals surface area contributed by atoms with E-state index in [9.17, 15) is 13.2 Å². The molecule has 0 aliphatic rings. The Bertz CT molecular complexity index is 303. The second-order valence-electron chi connectivity index (χ2n) is 4.70. The Morgan fingerprint density at radius 3 is 2.27 bits per heavy atom. The number of hydrogen-bond acceptors (Lipinski definition) is 3. The number of carbonyl (C=O) groups is 1. The Morgan fingerprint density at radius 1 is 1.33 bits per heavy atom. The van der Waals surface area contributed by atoms with Gasteiger partial charge in [-0.15, -0.1) is 0 Å². The molecule has 0 amide bonds. The molecule has 0 saturated carbocycles. The maximum absolute atomic E-state index is 11.4. The average Bonchev–Trinajstić information content (AvgIpc) is 1.99. The summed E-state index contributed by atoms with van der Waals surface area (Å²) in [5, 5.41) is 8.35. The van der Waals surface area contributed by atoms with E-state index >= 15 is 0 Å². The minimum absolute atomic E-state index is 0.111. The zero-order valence-electron chi connectivity index (χ0n) is 9.41. The van der Waals surface area contributed by atoms with Crippen molar-refractivity contribution >= 4 is 16.0 Å². The van der Waals surface area contributed by atoms with Crippen molar-refractivity contribution < 1.29 is 18.3 Å². The highest BCUT2D eigenvalue weighted by Crippen LogP contribution is 2.11. The molecule has 0 fully saturated rings. The van der Waals surface area contributed by atoms with E-state index in [1.54, 1.807) is 0 Å². The van der Waals surface area contributed by atoms with Crippen LogP contribution >= 0.6 is 0 Å². The van der Waals surface area contributed by atoms with E-state index in [1.165, 1.54) is 0 Å². The van der Waals surface area contributed by atoms with E-state index in [0.29, 0.717) is 6.54 Å². The maximum Gasteiger partial charge on any atom is 0.303 e. The Morgan fingerprint density at radius 2 is 1.87 bits per heavy atom. The fourth-order valence-electron chi connectivity index (χ4n) is 0.812. The van der Waals surface area contributed by atoms with E-state index in [4.69, 9.17) is 5.11 Å². The number of aliphatic carboxylic acids is 1. The number of hydrogen-bond donors (Lipinski definition) is 2. The highest BCUT2D eigenvalue weighted by atomic mass is 32.2. The fraction of sp³-hybridized carbons (Fsp3) is 0.889. The van der Waals surface area contributed by atoms with Gasteiger partial charge in [0.05, 0.1) is 5.75 Å². The van der Waals surface area contributed by atoms with Gasteiger partial charge >= 0.3 is 5.97 Å². The van der Waals surface area contributed by atoms with Crippen molar-refractivity contribution in [3.63, 3.8) is 0 Å². The molecule has 0 rings (SSSR count). The minimum atomic E-state index is -3.32. The van der Waals surface area contributed by atoms with E-state index < -0.39 is 16.0 Å². The largest absolute Gasteiger partial charge is 0.481 e. The molecule has 0 atom stereocenters. The molecule has 0 bridgehead atoms. The summed E-state index contributed by atoms with van der Waals surface area (Å²) >= 11 is 0. The van der Waals surface area contributed by atoms with Gasteiger partial charge in [0.1, 0.15) is 0 Å². The standard InChI is InChI=1S/C9H19NO4S/c1-9(2,3)7-10-15(13,14)6-4-5-8(11)12/h10H,4-7H2,1-3H3,(H,11,12). The second kappa shape index (κ2) is 5.46. The van der Waals surface area contributed by atoms with Crippen LogP contribution in [0.1, 0.15) is 33.6 Å². The summed E-state index contributed by atoms with van der Waals surface area (Å²) < 4.78 is 25.2. The first-order chi connectivity index (χ1) is 6.62. The van der Waals surface area contributed by atoms with Gasteiger partial charge in [-0.3, -0.25) is 4.79 Å². The van der Waals surface area contributed by atoms with Crippen molar-refractivity contribution in [3.05, 3.63) is 0 Å². The molecular weight excluding hydrogens is 218 g/mol. The third kappa shape index (κ3) is 9.68. The van der Waals surface area contributed by atoms with E-state index in [-0.39, 0.29) is 24.0 Å². The van der Waals surface area contributed by atoms with Gasteiger partial charge in [0.25, 0.3) is 0 Å². The molecule has 0 heterocycles. The van der Waals surface area contributed by atoms with Crippen LogP contribution in [-0.2, 0) is 14.8 Å². The van der Waals surface area contributed by atoms with Gasteiger partial charge in [-0.2, -0.15) is 0 Å². The first-order valence-electron chi connectivity index (χ1n) is 4.81. The van der Waals surface area contributed by atoms with Crippen LogP contribution in [0.5, 0.6) is 0 Å². The molecule has 0 radical (unpaired) electrons. The Hall–Kier alpha value is -0.620. The highest BCUT2D eigenvalue weighted by molar-refractivity contribution is 7.89. The summed E-state index contributed by atoms with van der Waals surface area (Å²) in [5.41, 5.74) is -0.111. The molecule has 0 unspecified atom stereocenters. The van der Waals surface area contributed by atoms with Crippen LogP contribution in [0.15, 0.2) is 0 Å². The monoisotopic (exact) mass is 237 g/mol. The van der Waals surface area contributed by atoms with Gasteiger partial charge in [-0.25, -0.2) is 13.1 Å². The van der Waals surface area contributed by atoms with Gasteiger partial charge in [0.2, 0.25) is 10.0 Å². The molecule has 90 valence electrons. The average molecular weight is 237 g/mol. The third-order valence-corrected chi connectivity index (χ3v) is 3.04. The van der Waals surface area contributed by atoms with Crippen LogP contribution < -0.4 is 4.72 Å². The molecule has 0 spiro atoms. The summed E-state index contributed by atoms with van der Waals surface area (Å²) in [6, 6.07) is 0. The molecule has 0 aliphatic carbocycles. The number of sulfonamides is 1. The molecule has 0 aliphatic heterocycles. The molecular formula is C9H19NO4S. The first kappa shape index (κ1) is 14.4. The van der Waals surface area contributed by atoms with Crippen LogP contribution in [0.3, 0.4) is 0 Å². The SMILES string of the molecule is CC(C)(C)CNS(=O)(=O)CCCC(=O)O. The third-order valence-electron chi connectivity index (χ3n) is 1.63. The molecule has 2 N–H and O–H groups in total. The summed E-state index contributed by atoms with van der Waals surface area (Å²) in [4.78, 5) is 10.2. The molecule has 0 aromatic heterocycles. The quantitative estimate of drug-likeness (QED) is 0.716. The molecule has 5 nitrogen and oxygen atoms in total. The summed E-state index contributed by atoms with van der Waals surface area (Å²) in [7, 11) is -3.32. The normalized spacial score (nSPS) is 12.7. The summed E-state index contributed by atoms with van der Waals surface area (Å²) in [6.07, 6.45) is 0.0330. The number of rotatable bonds is 6. The van der Waals surface area contributed by atoms with Crippen LogP contribution in [-0.4, -0.2) is 31.8 Å². The Labute approximate surface area is 90.9 Å². The van der Waals surface area contributed by atoms with E-state index in [2.05, 4.69) is 4.72 Å². The lowest BCUT2D eigenvalue weighted by Crippen LogP contribution is -2.34. The summed E-state index contributed by atoms with van der Waals surface area (Å²) in [5.74, 6) is -1.10. The van der Waals surface area contributed by atoms with Gasteiger partial charge in [0.15, 0.2) is 0 Å². The lowest BCUT2D eigenvalue weighted by atomic mass is 9.98. The van der Waals surface area contributed by atoms with Crippen LogP contribution in [0.25, 0.3) is 0 Å². The second-order valence-corrected chi connectivity index (χ2v) is 6.62. The minimum Gasteiger partial charge on any atom is -0.481 e. The zero-order valence-corrected chi connectivity index (χ0v) is 10.2. The van der Waals surface area contributed by atoms with Crippen molar-refractivity contribution in [2.75, 3.05) is 12.3 Å². The predicted octanol–water partition coefficient (Wildman–Crippen LogP) is 0.817. The van der Waals surface area contributed by atoms with Crippen molar-refractivity contribution in [1.29, 1.82) is 0 Å². The van der Waals surface area contributed by atoms with Gasteiger partial charge in [0, 0.05) is 13.0 Å². The van der Waals surface area contributed by atoms with Gasteiger partial charge in [-0.1, -0.05) is 20.8 Å². The Kier molecular flexibility index (Phi) is 5.23. The van der Waals surface area contributed by atoms with Crippen molar-refractivity contribution in [2.45, 2.75) is 33.6 Å². The van der Waals surface area contributed by atoms with Crippen molar-refractivity contribution in [2.24, 2.45) is 5.41 Å². The number of nitrogens with one attached hydrogen (secondary N) is 1. The first-order valence-corrected chi connectivity index (χ1v) is 6.47. The molecule has 0 aromatic rings. The highest BCUT2D eigenvalue weighted by Gasteiger charge is 2.16. The van der Waals surface area contributed by atoms with E-state index in [1.807, 2.05) is 20.8 Å². The van der Waals surface area contributed by atoms with Crippen LogP contribution in [0.4, 0.5) is 0 Å². The fourth-order valence-corrected chi connectivity index (χ4v) is 2.13. The molecule has 0 saturated heterocycles. The number of carboxylic acid groups (broad SMARTS) is 1. The lowest BCUT2D eigenvalue weighted by molar-refractivity contribution is -0.137. The topological polar surface area (TPSA) is 83.5 Å². The smallest absolute Gasteiger partial charge is 0.303 e. The predicted molar refractivity (Wildman–Crippen MR) is 58.1 cm³/mol. The molecule has 6 heteroatoms. The van der Waals surface area contributed by atoms with E-state index in [0.717, 1.165) is 0 Å². The Balaban J connectivity index is 3.94. The van der Waals surface area contributed by atoms with Crippen LogP contribution in [0.2, 0.25) is 0 Å². The lowest BCUT2D eigenvalue weighted by Gasteiger charge is -2.18. The number of carboxylic acids is 1. The van der Waals surface area contributed by atoms with Gasteiger partial charge in [-0.05, 0) is 11.8 Å².